The molecule has 1 atom stereocenters. The van der Waals surface area contributed by atoms with E-state index >= 15 is 0 Å². The maximum atomic E-state index is 11.6. The van der Waals surface area contributed by atoms with Gasteiger partial charge in [0.15, 0.2) is 0 Å². The van der Waals surface area contributed by atoms with Gasteiger partial charge in [0.25, 0.3) is 0 Å². The Kier molecular flexibility index (Phi) is 5.82. The molecule has 0 bridgehead atoms. The summed E-state index contributed by atoms with van der Waals surface area (Å²) in [7, 11) is 0. The number of rotatable bonds is 7. The van der Waals surface area contributed by atoms with Crippen molar-refractivity contribution in [3.8, 4) is 0 Å². The Balaban J connectivity index is 2.21. The zero-order chi connectivity index (χ0) is 11.8. The second kappa shape index (κ2) is 7.19. The second-order valence-corrected chi connectivity index (χ2v) is 4.22. The molecule has 0 saturated heterocycles. The van der Waals surface area contributed by atoms with E-state index < -0.39 is 6.10 Å². The Labute approximate surface area is 100 Å². The zero-order valence-corrected chi connectivity index (χ0v) is 10.3. The molecular weight excluding hydrogens is 222 g/mol. The molecule has 1 aromatic rings. The third-order valence-corrected chi connectivity index (χ3v) is 2.84. The maximum Gasteiger partial charge on any atom is 0.249 e. The normalized spacial score (nSPS) is 12.1. The van der Waals surface area contributed by atoms with Crippen molar-refractivity contribution in [3.63, 3.8) is 0 Å². The first-order valence-electron chi connectivity index (χ1n) is 5.25. The van der Waals surface area contributed by atoms with Crippen molar-refractivity contribution >= 4 is 17.2 Å². The minimum atomic E-state index is -0.404. The monoisotopic (exact) mass is 239 g/mol. The number of hydrogen-bond donors (Lipinski definition) is 1. The van der Waals surface area contributed by atoms with E-state index in [0.29, 0.717) is 13.2 Å². The lowest BCUT2D eigenvalue weighted by Gasteiger charge is -2.12. The summed E-state index contributed by atoms with van der Waals surface area (Å²) in [4.78, 5) is 11.6. The Hall–Kier alpha value is -1.13. The summed E-state index contributed by atoms with van der Waals surface area (Å²) >= 11 is 1.62. The fourth-order valence-electron chi connectivity index (χ4n) is 1.13. The molecule has 1 N–H and O–H groups in total. The summed E-state index contributed by atoms with van der Waals surface area (Å²) in [6.07, 6.45) is 2.14. The van der Waals surface area contributed by atoms with Crippen molar-refractivity contribution in [1.29, 1.82) is 0 Å². The van der Waals surface area contributed by atoms with E-state index in [4.69, 9.17) is 4.74 Å². The molecule has 1 unspecified atom stereocenters. The van der Waals surface area contributed by atoms with Gasteiger partial charge in [-0.3, -0.25) is 4.79 Å². The second-order valence-electron chi connectivity index (χ2n) is 3.44. The highest BCUT2D eigenvalue weighted by molar-refractivity contribution is 7.07. The van der Waals surface area contributed by atoms with E-state index in [-0.39, 0.29) is 5.91 Å². The van der Waals surface area contributed by atoms with Crippen LogP contribution in [0.25, 0.3) is 0 Å². The number of hydrogen-bond acceptors (Lipinski definition) is 3. The van der Waals surface area contributed by atoms with E-state index in [0.717, 1.165) is 12.0 Å². The van der Waals surface area contributed by atoms with Crippen molar-refractivity contribution in [2.75, 3.05) is 6.61 Å². The van der Waals surface area contributed by atoms with Crippen LogP contribution in [0.3, 0.4) is 0 Å². The molecule has 0 saturated carbocycles. The molecule has 3 nitrogen and oxygen atoms in total. The van der Waals surface area contributed by atoms with Crippen LogP contribution >= 0.6 is 11.3 Å². The van der Waals surface area contributed by atoms with Gasteiger partial charge in [-0.15, -0.1) is 6.58 Å². The highest BCUT2D eigenvalue weighted by atomic mass is 32.1. The Morgan fingerprint density at radius 3 is 3.19 bits per heavy atom. The molecule has 0 spiro atoms. The fourth-order valence-corrected chi connectivity index (χ4v) is 1.80. The minimum absolute atomic E-state index is 0.0738. The lowest BCUT2D eigenvalue weighted by atomic mass is 10.3. The van der Waals surface area contributed by atoms with Crippen LogP contribution in [0.1, 0.15) is 18.9 Å². The molecule has 0 aliphatic rings. The summed E-state index contributed by atoms with van der Waals surface area (Å²) in [6, 6.07) is 1.99. The summed E-state index contributed by atoms with van der Waals surface area (Å²) < 4.78 is 5.33. The Morgan fingerprint density at radius 2 is 2.56 bits per heavy atom. The van der Waals surface area contributed by atoms with E-state index in [1.54, 1.807) is 24.3 Å². The van der Waals surface area contributed by atoms with Crippen molar-refractivity contribution < 1.29 is 9.53 Å². The van der Waals surface area contributed by atoms with Gasteiger partial charge in [-0.2, -0.15) is 11.3 Å². The SMILES string of the molecule is C=CCCOC(C)C(=O)NCc1ccsc1. The number of thiophene rings is 1. The highest BCUT2D eigenvalue weighted by Gasteiger charge is 2.12. The van der Waals surface area contributed by atoms with Crippen molar-refractivity contribution in [2.45, 2.75) is 26.0 Å². The molecule has 0 aliphatic carbocycles. The summed E-state index contributed by atoms with van der Waals surface area (Å²) in [6.45, 7) is 6.45. The van der Waals surface area contributed by atoms with Crippen LogP contribution in [-0.4, -0.2) is 18.6 Å². The van der Waals surface area contributed by atoms with Gasteiger partial charge >= 0.3 is 0 Å². The highest BCUT2D eigenvalue weighted by Crippen LogP contribution is 2.05. The van der Waals surface area contributed by atoms with Crippen LogP contribution in [0.2, 0.25) is 0 Å². The van der Waals surface area contributed by atoms with Gasteiger partial charge in [-0.25, -0.2) is 0 Å². The van der Waals surface area contributed by atoms with Crippen molar-refractivity contribution in [2.24, 2.45) is 0 Å². The smallest absolute Gasteiger partial charge is 0.249 e. The fraction of sp³-hybridized carbons (Fsp3) is 0.417. The number of amides is 1. The lowest BCUT2D eigenvalue weighted by molar-refractivity contribution is -0.131. The third-order valence-electron chi connectivity index (χ3n) is 2.11. The van der Waals surface area contributed by atoms with E-state index in [1.165, 1.54) is 0 Å². The first kappa shape index (κ1) is 12.9. The van der Waals surface area contributed by atoms with Crippen LogP contribution in [0, 0.1) is 0 Å². The van der Waals surface area contributed by atoms with Gasteiger partial charge < -0.3 is 10.1 Å². The van der Waals surface area contributed by atoms with E-state index in [9.17, 15) is 4.79 Å². The van der Waals surface area contributed by atoms with E-state index in [2.05, 4.69) is 11.9 Å². The third kappa shape index (κ3) is 4.59. The van der Waals surface area contributed by atoms with Crippen molar-refractivity contribution in [1.82, 2.24) is 5.32 Å². The molecular formula is C12H17NO2S. The van der Waals surface area contributed by atoms with Gasteiger partial charge in [0.05, 0.1) is 6.61 Å². The molecule has 1 rings (SSSR count). The first-order valence-corrected chi connectivity index (χ1v) is 6.19. The average molecular weight is 239 g/mol. The number of carbonyl (C=O) groups excluding carboxylic acids is 1. The van der Waals surface area contributed by atoms with Crippen LogP contribution in [0.15, 0.2) is 29.5 Å². The van der Waals surface area contributed by atoms with Crippen molar-refractivity contribution in [3.05, 3.63) is 35.0 Å². The maximum absolute atomic E-state index is 11.6. The molecule has 1 amide bonds. The molecule has 16 heavy (non-hydrogen) atoms. The molecule has 0 fully saturated rings. The Morgan fingerprint density at radius 1 is 1.75 bits per heavy atom. The predicted octanol–water partition coefficient (Wildman–Crippen LogP) is 2.35. The van der Waals surface area contributed by atoms with Gasteiger partial charge in [0.1, 0.15) is 6.10 Å². The first-order chi connectivity index (χ1) is 7.74. The topological polar surface area (TPSA) is 38.3 Å². The minimum Gasteiger partial charge on any atom is -0.368 e. The largest absolute Gasteiger partial charge is 0.368 e. The standard InChI is InChI=1S/C12H17NO2S/c1-3-4-6-15-10(2)12(14)13-8-11-5-7-16-9-11/h3,5,7,9-10H,1,4,6,8H2,2H3,(H,13,14). The molecule has 4 heteroatoms. The zero-order valence-electron chi connectivity index (χ0n) is 9.44. The molecule has 0 aromatic carbocycles. The summed E-state index contributed by atoms with van der Waals surface area (Å²) in [5.74, 6) is -0.0738. The summed E-state index contributed by atoms with van der Waals surface area (Å²) in [5, 5.41) is 6.84. The van der Waals surface area contributed by atoms with Crippen LogP contribution in [0.5, 0.6) is 0 Å². The molecule has 1 aromatic heterocycles. The number of carbonyl (C=O) groups is 1. The number of ether oxygens (including phenoxy) is 1. The number of nitrogens with one attached hydrogen (secondary N) is 1. The summed E-state index contributed by atoms with van der Waals surface area (Å²) in [5.41, 5.74) is 1.12. The predicted molar refractivity (Wildman–Crippen MR) is 66.4 cm³/mol. The van der Waals surface area contributed by atoms with Gasteiger partial charge in [0, 0.05) is 6.54 Å². The van der Waals surface area contributed by atoms with Crippen LogP contribution in [-0.2, 0) is 16.1 Å². The molecule has 0 radical (unpaired) electrons. The average Bonchev–Trinajstić information content (AvgIpc) is 2.79. The lowest BCUT2D eigenvalue weighted by Crippen LogP contribution is -2.34. The molecule has 88 valence electrons. The van der Waals surface area contributed by atoms with Crippen LogP contribution in [0.4, 0.5) is 0 Å². The van der Waals surface area contributed by atoms with Gasteiger partial charge in [-0.1, -0.05) is 6.08 Å². The molecule has 0 aliphatic heterocycles. The molecule has 1 heterocycles. The van der Waals surface area contributed by atoms with E-state index in [1.807, 2.05) is 16.8 Å². The van der Waals surface area contributed by atoms with Gasteiger partial charge in [0.2, 0.25) is 5.91 Å². The van der Waals surface area contributed by atoms with Crippen LogP contribution < -0.4 is 5.32 Å². The Bertz CT molecular complexity index is 322. The van der Waals surface area contributed by atoms with Gasteiger partial charge in [-0.05, 0) is 35.7 Å². The quantitative estimate of drug-likeness (QED) is 0.586.